The van der Waals surface area contributed by atoms with Gasteiger partial charge in [-0.25, -0.2) is 9.59 Å². The van der Waals surface area contributed by atoms with Gasteiger partial charge in [-0.05, 0) is 47.5 Å². The summed E-state index contributed by atoms with van der Waals surface area (Å²) in [4.78, 5) is 43.9. The van der Waals surface area contributed by atoms with E-state index >= 15 is 0 Å². The lowest BCUT2D eigenvalue weighted by molar-refractivity contribution is -0.116. The van der Waals surface area contributed by atoms with Crippen LogP contribution in [0.25, 0.3) is 12.2 Å². The van der Waals surface area contributed by atoms with Gasteiger partial charge in [0.15, 0.2) is 23.0 Å². The van der Waals surface area contributed by atoms with Crippen molar-refractivity contribution in [1.82, 2.24) is 21.3 Å². The number of phenols is 4. The number of nitrogens with one attached hydrogen (secondary N) is 4. The third-order valence-electron chi connectivity index (χ3n) is 4.06. The molecule has 2 aliphatic rings. The smallest absolute Gasteiger partial charge is 0.326 e. The minimum atomic E-state index is -0.584. The molecule has 0 bridgehead atoms. The molecule has 32 heavy (non-hydrogen) atoms. The van der Waals surface area contributed by atoms with Gasteiger partial charge in [0.25, 0.3) is 11.8 Å². The van der Waals surface area contributed by atoms with Crippen LogP contribution in [0.15, 0.2) is 47.8 Å². The molecule has 164 valence electrons. The van der Waals surface area contributed by atoms with Crippen LogP contribution in [0.2, 0.25) is 0 Å². The number of benzene rings is 2. The van der Waals surface area contributed by atoms with Crippen molar-refractivity contribution in [1.29, 1.82) is 0 Å². The van der Waals surface area contributed by atoms with E-state index in [-0.39, 0.29) is 34.4 Å². The fourth-order valence-corrected chi connectivity index (χ4v) is 2.56. The van der Waals surface area contributed by atoms with Crippen molar-refractivity contribution in [3.63, 3.8) is 0 Å². The van der Waals surface area contributed by atoms with Crippen molar-refractivity contribution in [2.45, 2.75) is 0 Å². The van der Waals surface area contributed by atoms with Crippen molar-refractivity contribution < 1.29 is 39.6 Å². The molecule has 6 amide bonds. The van der Waals surface area contributed by atoms with Gasteiger partial charge in [0.05, 0.1) is 0 Å². The fraction of sp³-hybridized carbons (Fsp3) is 0. The summed E-state index contributed by atoms with van der Waals surface area (Å²) >= 11 is 0. The number of carbonyl (C=O) groups excluding carboxylic acids is 4. The molecule has 0 unspecified atom stereocenters. The van der Waals surface area contributed by atoms with Gasteiger partial charge in [-0.3, -0.25) is 20.2 Å². The Balaban J connectivity index is 0.000000181. The van der Waals surface area contributed by atoms with Crippen LogP contribution in [0.1, 0.15) is 11.1 Å². The largest absolute Gasteiger partial charge is 0.504 e. The molecule has 12 heteroatoms. The van der Waals surface area contributed by atoms with E-state index < -0.39 is 23.9 Å². The lowest BCUT2D eigenvalue weighted by Crippen LogP contribution is -2.22. The van der Waals surface area contributed by atoms with Gasteiger partial charge >= 0.3 is 12.1 Å². The quantitative estimate of drug-likeness (QED) is 0.188. The van der Waals surface area contributed by atoms with Crippen LogP contribution in [0.3, 0.4) is 0 Å². The maximum absolute atomic E-state index is 11.2. The number of carbonyl (C=O) groups is 4. The Bertz CT molecular complexity index is 1110. The van der Waals surface area contributed by atoms with Gasteiger partial charge in [0.1, 0.15) is 11.4 Å². The summed E-state index contributed by atoms with van der Waals surface area (Å²) in [6.07, 6.45) is 2.78. The van der Waals surface area contributed by atoms with Crippen molar-refractivity contribution >= 4 is 36.0 Å². The average Bonchev–Trinajstić information content (AvgIpc) is 3.21. The molecule has 0 spiro atoms. The summed E-state index contributed by atoms with van der Waals surface area (Å²) in [5, 5.41) is 45.3. The standard InChI is InChI=1S/2C10H8N2O4/c2*13-7-2-1-5(4-8(7)14)3-6-9(15)12-10(16)11-6/h2*1-4,13-14H,(H2,11,12,15,16)/b2*6-3-. The Kier molecular flexibility index (Phi) is 5.96. The molecule has 8 N–H and O–H groups in total. The maximum Gasteiger partial charge on any atom is 0.326 e. The van der Waals surface area contributed by atoms with E-state index in [4.69, 9.17) is 10.2 Å². The summed E-state index contributed by atoms with van der Waals surface area (Å²) in [5.41, 5.74) is 1.16. The molecule has 2 heterocycles. The third kappa shape index (κ3) is 5.13. The molecule has 0 aromatic heterocycles. The molecule has 0 saturated carbocycles. The van der Waals surface area contributed by atoms with E-state index in [0.717, 1.165) is 0 Å². The number of aromatic hydroxyl groups is 4. The minimum Gasteiger partial charge on any atom is -0.504 e. The zero-order valence-corrected chi connectivity index (χ0v) is 16.0. The molecule has 4 rings (SSSR count). The topological polar surface area (TPSA) is 197 Å². The number of hydrogen-bond donors (Lipinski definition) is 8. The molecule has 0 radical (unpaired) electrons. The fourth-order valence-electron chi connectivity index (χ4n) is 2.56. The summed E-state index contributed by atoms with van der Waals surface area (Å²) in [6, 6.07) is 6.96. The lowest BCUT2D eigenvalue weighted by atomic mass is 10.1. The van der Waals surface area contributed by atoms with Crippen LogP contribution in [0, 0.1) is 0 Å². The van der Waals surface area contributed by atoms with Gasteiger partial charge in [-0.2, -0.15) is 0 Å². The Labute approximate surface area is 179 Å². The van der Waals surface area contributed by atoms with E-state index in [1.165, 1.54) is 48.6 Å². The first-order chi connectivity index (χ1) is 15.1. The predicted octanol–water partition coefficient (Wildman–Crippen LogP) is 0.556. The highest BCUT2D eigenvalue weighted by Gasteiger charge is 2.23. The van der Waals surface area contributed by atoms with Crippen LogP contribution in [0.4, 0.5) is 9.59 Å². The number of imide groups is 2. The number of phenolic OH excluding ortho intramolecular Hbond substituents is 4. The van der Waals surface area contributed by atoms with Gasteiger partial charge in [-0.15, -0.1) is 0 Å². The molecule has 2 saturated heterocycles. The second-order valence-electron chi connectivity index (χ2n) is 6.43. The Hall–Kier alpha value is -5.00. The second kappa shape index (κ2) is 8.79. The van der Waals surface area contributed by atoms with Crippen LogP contribution in [0.5, 0.6) is 23.0 Å². The minimum absolute atomic E-state index is 0.0927. The van der Waals surface area contributed by atoms with Gasteiger partial charge in [0.2, 0.25) is 0 Å². The Morgan fingerprint density at radius 2 is 0.906 bits per heavy atom. The molecule has 12 nitrogen and oxygen atoms in total. The Morgan fingerprint density at radius 3 is 1.19 bits per heavy atom. The number of urea groups is 2. The second-order valence-corrected chi connectivity index (χ2v) is 6.43. The van der Waals surface area contributed by atoms with E-state index in [0.29, 0.717) is 11.1 Å². The first-order valence-electron chi connectivity index (χ1n) is 8.84. The first-order valence-corrected chi connectivity index (χ1v) is 8.84. The molecule has 2 aliphatic heterocycles. The highest BCUT2D eigenvalue weighted by atomic mass is 16.3. The molecule has 2 fully saturated rings. The highest BCUT2D eigenvalue weighted by molar-refractivity contribution is 6.14. The maximum atomic E-state index is 11.2. The zero-order valence-electron chi connectivity index (χ0n) is 16.0. The van der Waals surface area contributed by atoms with Crippen LogP contribution in [-0.4, -0.2) is 44.3 Å². The van der Waals surface area contributed by atoms with Crippen molar-refractivity contribution in [2.24, 2.45) is 0 Å². The summed E-state index contributed by atoms with van der Waals surface area (Å²) in [5.74, 6) is -2.14. The Morgan fingerprint density at radius 1 is 0.531 bits per heavy atom. The van der Waals surface area contributed by atoms with E-state index in [1.807, 2.05) is 10.6 Å². The van der Waals surface area contributed by atoms with Gasteiger partial charge in [-0.1, -0.05) is 12.1 Å². The predicted molar refractivity (Wildman–Crippen MR) is 109 cm³/mol. The molecule has 0 aliphatic carbocycles. The molecule has 2 aromatic carbocycles. The van der Waals surface area contributed by atoms with Crippen molar-refractivity contribution in [3.05, 3.63) is 58.9 Å². The van der Waals surface area contributed by atoms with Crippen molar-refractivity contribution in [3.8, 4) is 23.0 Å². The van der Waals surface area contributed by atoms with Gasteiger partial charge < -0.3 is 31.1 Å². The zero-order chi connectivity index (χ0) is 23.4. The van der Waals surface area contributed by atoms with Crippen LogP contribution in [-0.2, 0) is 9.59 Å². The van der Waals surface area contributed by atoms with E-state index in [1.54, 1.807) is 0 Å². The van der Waals surface area contributed by atoms with Crippen molar-refractivity contribution in [2.75, 3.05) is 0 Å². The molecule has 0 atom stereocenters. The highest BCUT2D eigenvalue weighted by Crippen LogP contribution is 2.26. The molecular weight excluding hydrogens is 424 g/mol. The summed E-state index contributed by atoms with van der Waals surface area (Å²) in [6.45, 7) is 0. The summed E-state index contributed by atoms with van der Waals surface area (Å²) in [7, 11) is 0. The average molecular weight is 440 g/mol. The third-order valence-corrected chi connectivity index (χ3v) is 4.06. The number of hydrogen-bond acceptors (Lipinski definition) is 8. The summed E-state index contributed by atoms with van der Waals surface area (Å²) < 4.78 is 0. The molecule has 2 aromatic rings. The van der Waals surface area contributed by atoms with Crippen LogP contribution < -0.4 is 21.3 Å². The van der Waals surface area contributed by atoms with E-state index in [9.17, 15) is 29.4 Å². The normalized spacial score (nSPS) is 17.4. The monoisotopic (exact) mass is 440 g/mol. The van der Waals surface area contributed by atoms with Gasteiger partial charge in [0, 0.05) is 0 Å². The van der Waals surface area contributed by atoms with E-state index in [2.05, 4.69) is 10.6 Å². The SMILES string of the molecule is O=C1NC(=O)/C(=C/c2ccc(O)c(O)c2)N1.O=C1NC(=O)/C(=C/c2ccc(O)c(O)c2)N1. The lowest BCUT2D eigenvalue weighted by Gasteiger charge is -1.99. The number of amides is 6. The molecular formula is C20H16N4O8. The number of rotatable bonds is 2. The van der Waals surface area contributed by atoms with Crippen LogP contribution >= 0.6 is 0 Å². The first kappa shape index (κ1) is 21.7.